The Morgan fingerprint density at radius 2 is 1.95 bits per heavy atom. The van der Waals surface area contributed by atoms with Crippen molar-refractivity contribution in [1.29, 1.82) is 0 Å². The van der Waals surface area contributed by atoms with E-state index in [9.17, 15) is 4.79 Å². The maximum absolute atomic E-state index is 12.2. The van der Waals surface area contributed by atoms with E-state index in [4.69, 9.17) is 4.42 Å². The zero-order valence-electron chi connectivity index (χ0n) is 10.7. The number of thiazole rings is 1. The Hall–Kier alpha value is -1.98. The Morgan fingerprint density at radius 1 is 1.10 bits per heavy atom. The van der Waals surface area contributed by atoms with Crippen LogP contribution in [-0.2, 0) is 0 Å². The highest BCUT2D eigenvalue weighted by atomic mass is 79.9. The van der Waals surface area contributed by atoms with Crippen LogP contribution in [0.5, 0.6) is 0 Å². The summed E-state index contributed by atoms with van der Waals surface area (Å²) in [6.07, 6.45) is 0. The lowest BCUT2D eigenvalue weighted by atomic mass is 10.2. The molecule has 2 aromatic heterocycles. The summed E-state index contributed by atoms with van der Waals surface area (Å²) in [7, 11) is 0. The van der Waals surface area contributed by atoms with Crippen LogP contribution in [0, 0.1) is 0 Å². The first-order valence-electron chi connectivity index (χ1n) is 6.30. The largest absolute Gasteiger partial charge is 0.422 e. The number of aromatic nitrogens is 1. The molecule has 0 amide bonds. The molecule has 2 aromatic carbocycles. The first-order chi connectivity index (χ1) is 10.2. The molecule has 0 saturated carbocycles. The van der Waals surface area contributed by atoms with E-state index in [1.54, 1.807) is 6.07 Å². The van der Waals surface area contributed by atoms with Crippen LogP contribution in [0.15, 0.2) is 62.2 Å². The molecule has 0 N–H and O–H groups in total. The molecule has 0 saturated heterocycles. The van der Waals surface area contributed by atoms with Gasteiger partial charge < -0.3 is 4.42 Å². The second kappa shape index (κ2) is 4.79. The second-order valence-electron chi connectivity index (χ2n) is 4.62. The normalized spacial score (nSPS) is 11.3. The molecule has 0 aliphatic carbocycles. The molecule has 0 spiro atoms. The van der Waals surface area contributed by atoms with Crippen LogP contribution in [0.3, 0.4) is 0 Å². The van der Waals surface area contributed by atoms with Crippen LogP contribution < -0.4 is 5.63 Å². The van der Waals surface area contributed by atoms with Crippen molar-refractivity contribution in [2.24, 2.45) is 0 Å². The molecule has 4 aromatic rings. The van der Waals surface area contributed by atoms with Crippen molar-refractivity contribution in [2.75, 3.05) is 0 Å². The van der Waals surface area contributed by atoms with Gasteiger partial charge in [0.2, 0.25) is 0 Å². The smallest absolute Gasteiger partial charge is 0.346 e. The monoisotopic (exact) mass is 357 g/mol. The Morgan fingerprint density at radius 3 is 2.81 bits per heavy atom. The molecule has 102 valence electrons. The number of rotatable bonds is 1. The van der Waals surface area contributed by atoms with Gasteiger partial charge in [-0.15, -0.1) is 11.3 Å². The van der Waals surface area contributed by atoms with Crippen LogP contribution in [0.25, 0.3) is 31.8 Å². The number of hydrogen-bond acceptors (Lipinski definition) is 4. The van der Waals surface area contributed by atoms with Crippen molar-refractivity contribution in [1.82, 2.24) is 4.98 Å². The van der Waals surface area contributed by atoms with E-state index in [2.05, 4.69) is 20.9 Å². The summed E-state index contributed by atoms with van der Waals surface area (Å²) < 4.78 is 7.39. The number of nitrogens with zero attached hydrogens (tertiary/aromatic N) is 1. The van der Waals surface area contributed by atoms with Gasteiger partial charge in [-0.2, -0.15) is 0 Å². The molecule has 0 aliphatic heterocycles. The molecule has 4 rings (SSSR count). The first kappa shape index (κ1) is 12.7. The third kappa shape index (κ3) is 2.18. The van der Waals surface area contributed by atoms with Crippen molar-refractivity contribution in [2.45, 2.75) is 0 Å². The molecule has 0 bridgehead atoms. The molecular weight excluding hydrogens is 350 g/mol. The fourth-order valence-corrected chi connectivity index (χ4v) is 3.58. The topological polar surface area (TPSA) is 43.1 Å². The molecule has 0 aliphatic rings. The van der Waals surface area contributed by atoms with E-state index in [-0.39, 0.29) is 5.63 Å². The van der Waals surface area contributed by atoms with E-state index in [0.29, 0.717) is 16.2 Å². The summed E-state index contributed by atoms with van der Waals surface area (Å²) >= 11 is 4.92. The van der Waals surface area contributed by atoms with Crippen molar-refractivity contribution in [3.05, 3.63) is 63.4 Å². The molecule has 2 heterocycles. The van der Waals surface area contributed by atoms with Gasteiger partial charge >= 0.3 is 5.63 Å². The summed E-state index contributed by atoms with van der Waals surface area (Å²) in [5.74, 6) is 0. The molecule has 0 atom stereocenters. The SMILES string of the molecule is O=c1oc2ccc(Br)cc2cc1-c1nc2ccccc2s1. The fraction of sp³-hybridized carbons (Fsp3) is 0. The molecule has 0 fully saturated rings. The van der Waals surface area contributed by atoms with Gasteiger partial charge in [0.25, 0.3) is 0 Å². The highest BCUT2D eigenvalue weighted by molar-refractivity contribution is 9.10. The average Bonchev–Trinajstić information content (AvgIpc) is 2.90. The van der Waals surface area contributed by atoms with Crippen LogP contribution >= 0.6 is 27.3 Å². The minimum atomic E-state index is -0.358. The Bertz CT molecular complexity index is 1000. The van der Waals surface area contributed by atoms with Crippen molar-refractivity contribution < 1.29 is 4.42 Å². The van der Waals surface area contributed by atoms with Gasteiger partial charge in [0.1, 0.15) is 10.6 Å². The average molecular weight is 358 g/mol. The lowest BCUT2D eigenvalue weighted by Gasteiger charge is -1.99. The first-order valence-corrected chi connectivity index (χ1v) is 7.91. The van der Waals surface area contributed by atoms with Crippen molar-refractivity contribution in [3.8, 4) is 10.6 Å². The van der Waals surface area contributed by atoms with Gasteiger partial charge in [-0.05, 0) is 36.4 Å². The van der Waals surface area contributed by atoms with Gasteiger partial charge in [-0.1, -0.05) is 28.1 Å². The van der Waals surface area contributed by atoms with Crippen LogP contribution in [-0.4, -0.2) is 4.98 Å². The van der Waals surface area contributed by atoms with E-state index < -0.39 is 0 Å². The molecular formula is C16H8BrNO2S. The number of para-hydroxylation sites is 1. The zero-order chi connectivity index (χ0) is 14.4. The van der Waals surface area contributed by atoms with Crippen LogP contribution in [0.4, 0.5) is 0 Å². The Labute approximate surface area is 132 Å². The Kier molecular flexibility index (Phi) is 2.90. The minimum Gasteiger partial charge on any atom is -0.422 e. The van der Waals surface area contributed by atoms with Crippen LogP contribution in [0.1, 0.15) is 0 Å². The lowest BCUT2D eigenvalue weighted by molar-refractivity contribution is 0.563. The maximum Gasteiger partial charge on any atom is 0.346 e. The predicted octanol–water partition coefficient (Wildman–Crippen LogP) is 4.83. The molecule has 3 nitrogen and oxygen atoms in total. The molecule has 21 heavy (non-hydrogen) atoms. The standard InChI is InChI=1S/C16H8BrNO2S/c17-10-5-6-13-9(7-10)8-11(16(19)20-13)15-18-12-3-1-2-4-14(12)21-15/h1-8H. The summed E-state index contributed by atoms with van der Waals surface area (Å²) in [6, 6.07) is 15.2. The quantitative estimate of drug-likeness (QED) is 0.458. The number of benzene rings is 2. The molecule has 0 unspecified atom stereocenters. The van der Waals surface area contributed by atoms with E-state index >= 15 is 0 Å². The van der Waals surface area contributed by atoms with Crippen molar-refractivity contribution >= 4 is 48.5 Å². The van der Waals surface area contributed by atoms with Crippen molar-refractivity contribution in [3.63, 3.8) is 0 Å². The van der Waals surface area contributed by atoms with E-state index in [1.807, 2.05) is 42.5 Å². The van der Waals surface area contributed by atoms with Gasteiger partial charge in [0.15, 0.2) is 0 Å². The Balaban J connectivity index is 2.00. The third-order valence-electron chi connectivity index (χ3n) is 3.22. The van der Waals surface area contributed by atoms with Gasteiger partial charge in [0.05, 0.1) is 15.8 Å². The zero-order valence-corrected chi connectivity index (χ0v) is 13.1. The third-order valence-corrected chi connectivity index (χ3v) is 4.78. The van der Waals surface area contributed by atoms with E-state index in [0.717, 1.165) is 20.1 Å². The number of halogens is 1. The fourth-order valence-electron chi connectivity index (χ4n) is 2.23. The van der Waals surface area contributed by atoms with Gasteiger partial charge in [-0.3, -0.25) is 0 Å². The summed E-state index contributed by atoms with van der Waals surface area (Å²) in [5, 5.41) is 1.56. The van der Waals surface area contributed by atoms with Gasteiger partial charge in [-0.25, -0.2) is 9.78 Å². The summed E-state index contributed by atoms with van der Waals surface area (Å²) in [6.45, 7) is 0. The van der Waals surface area contributed by atoms with Crippen LogP contribution in [0.2, 0.25) is 0 Å². The predicted molar refractivity (Wildman–Crippen MR) is 88.8 cm³/mol. The number of fused-ring (bicyclic) bond motifs is 2. The highest BCUT2D eigenvalue weighted by Gasteiger charge is 2.12. The highest BCUT2D eigenvalue weighted by Crippen LogP contribution is 2.30. The molecule has 0 radical (unpaired) electrons. The summed E-state index contributed by atoms with van der Waals surface area (Å²) in [4.78, 5) is 16.7. The second-order valence-corrected chi connectivity index (χ2v) is 6.56. The number of hydrogen-bond donors (Lipinski definition) is 0. The molecule has 5 heteroatoms. The maximum atomic E-state index is 12.2. The lowest BCUT2D eigenvalue weighted by Crippen LogP contribution is -2.02. The van der Waals surface area contributed by atoms with Gasteiger partial charge in [0, 0.05) is 9.86 Å². The summed E-state index contributed by atoms with van der Waals surface area (Å²) in [5.41, 5.74) is 1.62. The minimum absolute atomic E-state index is 0.358. The van der Waals surface area contributed by atoms with E-state index in [1.165, 1.54) is 11.3 Å².